The van der Waals surface area contributed by atoms with Crippen LogP contribution in [0.5, 0.6) is 0 Å². The molecule has 0 saturated heterocycles. The Bertz CT molecular complexity index is 627. The Morgan fingerprint density at radius 2 is 1.42 bits per heavy atom. The van der Waals surface area contributed by atoms with Crippen LogP contribution in [0, 0.1) is 0 Å². The Labute approximate surface area is 117 Å². The monoisotopic (exact) mass is 265 g/mol. The van der Waals surface area contributed by atoms with E-state index in [1.807, 2.05) is 12.1 Å². The summed E-state index contributed by atoms with van der Waals surface area (Å²) in [5.41, 5.74) is 9.87. The third-order valence-electron chi connectivity index (χ3n) is 3.23. The van der Waals surface area contributed by atoms with Crippen molar-refractivity contribution >= 4 is 11.3 Å². The zero-order valence-electron chi connectivity index (χ0n) is 10.5. The second kappa shape index (κ2) is 5.39. The average Bonchev–Trinajstić information content (AvgIpc) is 3.02. The van der Waals surface area contributed by atoms with Gasteiger partial charge in [-0.05, 0) is 28.1 Å². The van der Waals surface area contributed by atoms with Crippen LogP contribution in [0.1, 0.15) is 16.5 Å². The predicted octanol–water partition coefficient (Wildman–Crippen LogP) is 4.46. The summed E-state index contributed by atoms with van der Waals surface area (Å²) < 4.78 is 0. The van der Waals surface area contributed by atoms with Gasteiger partial charge < -0.3 is 5.73 Å². The van der Waals surface area contributed by atoms with Crippen molar-refractivity contribution in [1.82, 2.24) is 0 Å². The topological polar surface area (TPSA) is 26.0 Å². The maximum absolute atomic E-state index is 6.26. The van der Waals surface area contributed by atoms with Gasteiger partial charge in [-0.2, -0.15) is 0 Å². The van der Waals surface area contributed by atoms with Crippen molar-refractivity contribution < 1.29 is 0 Å². The van der Waals surface area contributed by atoms with E-state index in [0.29, 0.717) is 0 Å². The van der Waals surface area contributed by atoms with Gasteiger partial charge in [-0.1, -0.05) is 60.7 Å². The van der Waals surface area contributed by atoms with Crippen molar-refractivity contribution in [3.8, 4) is 11.1 Å². The summed E-state index contributed by atoms with van der Waals surface area (Å²) in [6.07, 6.45) is 0. The lowest BCUT2D eigenvalue weighted by molar-refractivity contribution is 0.894. The van der Waals surface area contributed by atoms with Gasteiger partial charge in [0.05, 0.1) is 6.04 Å². The highest BCUT2D eigenvalue weighted by molar-refractivity contribution is 7.10. The molecule has 94 valence electrons. The van der Waals surface area contributed by atoms with Crippen molar-refractivity contribution in [2.24, 2.45) is 5.73 Å². The van der Waals surface area contributed by atoms with Gasteiger partial charge in [0.25, 0.3) is 0 Å². The van der Waals surface area contributed by atoms with Crippen LogP contribution in [-0.2, 0) is 0 Å². The molecule has 19 heavy (non-hydrogen) atoms. The third-order valence-corrected chi connectivity index (χ3v) is 4.18. The maximum atomic E-state index is 6.26. The van der Waals surface area contributed by atoms with Crippen molar-refractivity contribution in [1.29, 1.82) is 0 Å². The molecular weight excluding hydrogens is 250 g/mol. The van der Waals surface area contributed by atoms with Crippen molar-refractivity contribution in [2.75, 3.05) is 0 Å². The quantitative estimate of drug-likeness (QED) is 0.743. The van der Waals surface area contributed by atoms with Crippen LogP contribution in [-0.4, -0.2) is 0 Å². The molecule has 0 aliphatic rings. The molecule has 0 aliphatic carbocycles. The molecule has 1 unspecified atom stereocenters. The maximum Gasteiger partial charge on any atom is 0.0645 e. The molecule has 1 atom stereocenters. The van der Waals surface area contributed by atoms with Gasteiger partial charge in [0.1, 0.15) is 0 Å². The largest absolute Gasteiger partial charge is 0.320 e. The fourth-order valence-corrected chi connectivity index (χ4v) is 2.90. The number of hydrogen-bond acceptors (Lipinski definition) is 2. The molecule has 0 bridgehead atoms. The van der Waals surface area contributed by atoms with E-state index in [-0.39, 0.29) is 6.04 Å². The summed E-state index contributed by atoms with van der Waals surface area (Å²) in [6.45, 7) is 0. The summed E-state index contributed by atoms with van der Waals surface area (Å²) in [5, 5.41) is 2.06. The van der Waals surface area contributed by atoms with Crippen LogP contribution < -0.4 is 5.73 Å². The van der Waals surface area contributed by atoms with E-state index in [0.717, 1.165) is 5.56 Å². The first-order chi connectivity index (χ1) is 9.34. The van der Waals surface area contributed by atoms with E-state index >= 15 is 0 Å². The first-order valence-corrected chi connectivity index (χ1v) is 7.17. The van der Waals surface area contributed by atoms with Crippen LogP contribution in [0.3, 0.4) is 0 Å². The lowest BCUT2D eigenvalue weighted by atomic mass is 10.0. The van der Waals surface area contributed by atoms with Gasteiger partial charge in [0, 0.05) is 4.88 Å². The standard InChI is InChI=1S/C17H15NS/c18-17(16-7-4-12-19-16)15-10-8-14(9-11-15)13-5-2-1-3-6-13/h1-12,17H,18H2. The van der Waals surface area contributed by atoms with Crippen LogP contribution in [0.2, 0.25) is 0 Å². The molecule has 0 amide bonds. The molecule has 0 aliphatic heterocycles. The van der Waals surface area contributed by atoms with E-state index in [1.165, 1.54) is 16.0 Å². The zero-order chi connectivity index (χ0) is 13.1. The molecule has 0 radical (unpaired) electrons. The van der Waals surface area contributed by atoms with Gasteiger partial charge in [0.2, 0.25) is 0 Å². The number of thiophene rings is 1. The smallest absolute Gasteiger partial charge is 0.0645 e. The Morgan fingerprint density at radius 3 is 2.05 bits per heavy atom. The highest BCUT2D eigenvalue weighted by Crippen LogP contribution is 2.26. The summed E-state index contributed by atoms with van der Waals surface area (Å²) in [4.78, 5) is 1.20. The van der Waals surface area contributed by atoms with Crippen molar-refractivity contribution in [2.45, 2.75) is 6.04 Å². The first-order valence-electron chi connectivity index (χ1n) is 6.29. The second-order valence-corrected chi connectivity index (χ2v) is 5.46. The minimum Gasteiger partial charge on any atom is -0.320 e. The minimum atomic E-state index is -0.0233. The lowest BCUT2D eigenvalue weighted by Gasteiger charge is -2.11. The van der Waals surface area contributed by atoms with Gasteiger partial charge in [-0.25, -0.2) is 0 Å². The molecule has 2 heteroatoms. The van der Waals surface area contributed by atoms with Gasteiger partial charge in [-0.15, -0.1) is 11.3 Å². The Hall–Kier alpha value is -1.90. The number of rotatable bonds is 3. The number of hydrogen-bond donors (Lipinski definition) is 1. The molecule has 0 saturated carbocycles. The van der Waals surface area contributed by atoms with Gasteiger partial charge in [0.15, 0.2) is 0 Å². The number of benzene rings is 2. The molecule has 1 heterocycles. The fraction of sp³-hybridized carbons (Fsp3) is 0.0588. The molecule has 2 aromatic carbocycles. The van der Waals surface area contributed by atoms with Gasteiger partial charge >= 0.3 is 0 Å². The molecule has 3 rings (SSSR count). The summed E-state index contributed by atoms with van der Waals surface area (Å²) >= 11 is 1.70. The van der Waals surface area contributed by atoms with Crippen LogP contribution in [0.25, 0.3) is 11.1 Å². The van der Waals surface area contributed by atoms with Crippen LogP contribution >= 0.6 is 11.3 Å². The van der Waals surface area contributed by atoms with Crippen molar-refractivity contribution in [3.63, 3.8) is 0 Å². The normalized spacial score (nSPS) is 12.3. The highest BCUT2D eigenvalue weighted by atomic mass is 32.1. The molecule has 1 nitrogen and oxygen atoms in total. The van der Waals surface area contributed by atoms with Crippen LogP contribution in [0.4, 0.5) is 0 Å². The molecule has 0 spiro atoms. The van der Waals surface area contributed by atoms with E-state index < -0.39 is 0 Å². The summed E-state index contributed by atoms with van der Waals surface area (Å²) in [6, 6.07) is 23.0. The zero-order valence-corrected chi connectivity index (χ0v) is 11.3. The van der Waals surface area contributed by atoms with E-state index in [1.54, 1.807) is 11.3 Å². The molecule has 0 fully saturated rings. The molecule has 1 aromatic heterocycles. The Kier molecular flexibility index (Phi) is 3.45. The predicted molar refractivity (Wildman–Crippen MR) is 82.2 cm³/mol. The minimum absolute atomic E-state index is 0.0233. The fourth-order valence-electron chi connectivity index (χ4n) is 2.15. The van der Waals surface area contributed by atoms with E-state index in [4.69, 9.17) is 5.73 Å². The third kappa shape index (κ3) is 2.60. The van der Waals surface area contributed by atoms with Gasteiger partial charge in [-0.3, -0.25) is 0 Å². The first kappa shape index (κ1) is 12.2. The van der Waals surface area contributed by atoms with E-state index in [9.17, 15) is 0 Å². The summed E-state index contributed by atoms with van der Waals surface area (Å²) in [5.74, 6) is 0. The van der Waals surface area contributed by atoms with Crippen LogP contribution in [0.15, 0.2) is 72.1 Å². The highest BCUT2D eigenvalue weighted by Gasteiger charge is 2.09. The molecule has 3 aromatic rings. The Balaban J connectivity index is 1.87. The Morgan fingerprint density at radius 1 is 0.737 bits per heavy atom. The molecule has 2 N–H and O–H groups in total. The molecular formula is C17H15NS. The second-order valence-electron chi connectivity index (χ2n) is 4.48. The summed E-state index contributed by atoms with van der Waals surface area (Å²) in [7, 11) is 0. The lowest BCUT2D eigenvalue weighted by Crippen LogP contribution is -2.09. The van der Waals surface area contributed by atoms with E-state index in [2.05, 4.69) is 60.0 Å². The average molecular weight is 265 g/mol. The SMILES string of the molecule is NC(c1ccc(-c2ccccc2)cc1)c1cccs1. The number of nitrogens with two attached hydrogens (primary N) is 1. The van der Waals surface area contributed by atoms with Crippen molar-refractivity contribution in [3.05, 3.63) is 82.6 Å².